The molecule has 0 amide bonds. The van der Waals surface area contributed by atoms with Crippen molar-refractivity contribution >= 4 is 33.5 Å². The van der Waals surface area contributed by atoms with Gasteiger partial charge in [0, 0.05) is 33.9 Å². The van der Waals surface area contributed by atoms with Crippen LogP contribution in [0.3, 0.4) is 0 Å². The maximum atomic E-state index is 5.10. The molecule has 1 aromatic heterocycles. The number of aromatic amines is 1. The number of nitrogens with one attached hydrogen (secondary N) is 1. The van der Waals surface area contributed by atoms with Crippen LogP contribution >= 0.6 is 22.6 Å². The highest BCUT2D eigenvalue weighted by molar-refractivity contribution is 14.1. The Hall–Kier alpha value is -0.550. The molecule has 2 aromatic rings. The third-order valence-corrected chi connectivity index (χ3v) is 3.53. The standard InChI is InChI=1S/C13H16INO/c1-9-11(4-3-7-16-2)12-8-10(14)5-6-13(12)15-9/h5-6,8,15H,3-4,7H2,1-2H3. The fourth-order valence-electron chi connectivity index (χ4n) is 2.07. The Balaban J connectivity index is 2.34. The lowest BCUT2D eigenvalue weighted by atomic mass is 10.1. The maximum absolute atomic E-state index is 5.10. The van der Waals surface area contributed by atoms with Crippen LogP contribution in [-0.2, 0) is 11.2 Å². The van der Waals surface area contributed by atoms with Gasteiger partial charge in [0.15, 0.2) is 0 Å². The molecular weight excluding hydrogens is 313 g/mol. The first kappa shape index (κ1) is 11.9. The van der Waals surface area contributed by atoms with Crippen LogP contribution in [0.1, 0.15) is 17.7 Å². The van der Waals surface area contributed by atoms with Crippen molar-refractivity contribution in [3.63, 3.8) is 0 Å². The number of rotatable bonds is 4. The summed E-state index contributed by atoms with van der Waals surface area (Å²) in [5.74, 6) is 0. The molecule has 0 aliphatic carbocycles. The highest BCUT2D eigenvalue weighted by Crippen LogP contribution is 2.25. The van der Waals surface area contributed by atoms with Crippen LogP contribution < -0.4 is 0 Å². The van der Waals surface area contributed by atoms with E-state index >= 15 is 0 Å². The Morgan fingerprint density at radius 2 is 2.19 bits per heavy atom. The molecule has 0 spiro atoms. The molecule has 0 fully saturated rings. The molecule has 0 atom stereocenters. The van der Waals surface area contributed by atoms with Gasteiger partial charge < -0.3 is 9.72 Å². The minimum Gasteiger partial charge on any atom is -0.385 e. The summed E-state index contributed by atoms with van der Waals surface area (Å²) < 4.78 is 6.39. The summed E-state index contributed by atoms with van der Waals surface area (Å²) in [6.07, 6.45) is 2.16. The van der Waals surface area contributed by atoms with Crippen LogP contribution in [0.4, 0.5) is 0 Å². The number of hydrogen-bond acceptors (Lipinski definition) is 1. The number of H-pyrrole nitrogens is 1. The normalized spacial score (nSPS) is 11.2. The second-order valence-electron chi connectivity index (χ2n) is 4.01. The van der Waals surface area contributed by atoms with Gasteiger partial charge in [-0.15, -0.1) is 0 Å². The van der Waals surface area contributed by atoms with Crippen molar-refractivity contribution in [3.05, 3.63) is 33.0 Å². The van der Waals surface area contributed by atoms with Gasteiger partial charge in [-0.25, -0.2) is 0 Å². The Labute approximate surface area is 110 Å². The average Bonchev–Trinajstić information content (AvgIpc) is 2.56. The SMILES string of the molecule is COCCCc1c(C)[nH]c2ccc(I)cc12. The van der Waals surface area contributed by atoms with E-state index in [2.05, 4.69) is 52.7 Å². The summed E-state index contributed by atoms with van der Waals surface area (Å²) in [4.78, 5) is 3.44. The predicted molar refractivity (Wildman–Crippen MR) is 75.9 cm³/mol. The topological polar surface area (TPSA) is 25.0 Å². The molecule has 0 unspecified atom stereocenters. The van der Waals surface area contributed by atoms with Gasteiger partial charge in [-0.05, 0) is 66.1 Å². The van der Waals surface area contributed by atoms with E-state index in [4.69, 9.17) is 4.74 Å². The quantitative estimate of drug-likeness (QED) is 0.672. The van der Waals surface area contributed by atoms with E-state index in [1.54, 1.807) is 7.11 Å². The van der Waals surface area contributed by atoms with Crippen molar-refractivity contribution in [2.45, 2.75) is 19.8 Å². The number of aromatic nitrogens is 1. The lowest BCUT2D eigenvalue weighted by Gasteiger charge is -2.01. The highest BCUT2D eigenvalue weighted by Gasteiger charge is 2.08. The van der Waals surface area contributed by atoms with Crippen LogP contribution in [-0.4, -0.2) is 18.7 Å². The summed E-state index contributed by atoms with van der Waals surface area (Å²) in [6, 6.07) is 6.54. The van der Waals surface area contributed by atoms with Crippen molar-refractivity contribution in [2.24, 2.45) is 0 Å². The lowest BCUT2D eigenvalue weighted by molar-refractivity contribution is 0.195. The zero-order valence-corrected chi connectivity index (χ0v) is 11.8. The van der Waals surface area contributed by atoms with Gasteiger partial charge >= 0.3 is 0 Å². The fourth-order valence-corrected chi connectivity index (χ4v) is 2.56. The van der Waals surface area contributed by atoms with E-state index in [1.807, 2.05) is 0 Å². The Bertz CT molecular complexity index is 490. The monoisotopic (exact) mass is 329 g/mol. The van der Waals surface area contributed by atoms with Gasteiger partial charge in [-0.1, -0.05) is 0 Å². The first-order valence-corrected chi connectivity index (χ1v) is 6.56. The van der Waals surface area contributed by atoms with E-state index in [-0.39, 0.29) is 0 Å². The van der Waals surface area contributed by atoms with Gasteiger partial charge in [0.2, 0.25) is 0 Å². The van der Waals surface area contributed by atoms with Gasteiger partial charge in [-0.3, -0.25) is 0 Å². The van der Waals surface area contributed by atoms with Crippen LogP contribution in [0.15, 0.2) is 18.2 Å². The molecule has 0 bridgehead atoms. The number of benzene rings is 1. The van der Waals surface area contributed by atoms with Crippen molar-refractivity contribution in [2.75, 3.05) is 13.7 Å². The van der Waals surface area contributed by atoms with Gasteiger partial charge in [-0.2, -0.15) is 0 Å². The zero-order valence-electron chi connectivity index (χ0n) is 9.64. The Morgan fingerprint density at radius 3 is 2.94 bits per heavy atom. The number of fused-ring (bicyclic) bond motifs is 1. The lowest BCUT2D eigenvalue weighted by Crippen LogP contribution is -1.93. The molecule has 1 N–H and O–H groups in total. The van der Waals surface area contributed by atoms with Crippen molar-refractivity contribution in [1.82, 2.24) is 4.98 Å². The van der Waals surface area contributed by atoms with Crippen molar-refractivity contribution in [1.29, 1.82) is 0 Å². The van der Waals surface area contributed by atoms with E-state index in [9.17, 15) is 0 Å². The summed E-state index contributed by atoms with van der Waals surface area (Å²) in [5, 5.41) is 1.36. The van der Waals surface area contributed by atoms with Gasteiger partial charge in [0.05, 0.1) is 0 Å². The van der Waals surface area contributed by atoms with Crippen LogP contribution in [0.2, 0.25) is 0 Å². The molecule has 0 saturated heterocycles. The second-order valence-corrected chi connectivity index (χ2v) is 5.26. The largest absolute Gasteiger partial charge is 0.385 e. The first-order valence-electron chi connectivity index (χ1n) is 5.48. The van der Waals surface area contributed by atoms with E-state index in [0.29, 0.717) is 0 Å². The Kier molecular flexibility index (Phi) is 3.86. The van der Waals surface area contributed by atoms with Gasteiger partial charge in [0.1, 0.15) is 0 Å². The number of aryl methyl sites for hydroxylation is 2. The van der Waals surface area contributed by atoms with Gasteiger partial charge in [0.25, 0.3) is 0 Å². The summed E-state index contributed by atoms with van der Waals surface area (Å²) in [6.45, 7) is 2.98. The number of ether oxygens (including phenoxy) is 1. The number of methoxy groups -OCH3 is 1. The molecule has 1 heterocycles. The third-order valence-electron chi connectivity index (χ3n) is 2.86. The maximum Gasteiger partial charge on any atom is 0.0465 e. The van der Waals surface area contributed by atoms with E-state index < -0.39 is 0 Å². The third kappa shape index (κ3) is 2.40. The van der Waals surface area contributed by atoms with Crippen LogP contribution in [0.5, 0.6) is 0 Å². The summed E-state index contributed by atoms with van der Waals surface area (Å²) in [7, 11) is 1.75. The van der Waals surface area contributed by atoms with E-state index in [0.717, 1.165) is 19.4 Å². The Morgan fingerprint density at radius 1 is 1.38 bits per heavy atom. The average molecular weight is 329 g/mol. The molecule has 2 rings (SSSR count). The van der Waals surface area contributed by atoms with Crippen molar-refractivity contribution in [3.8, 4) is 0 Å². The summed E-state index contributed by atoms with van der Waals surface area (Å²) in [5.41, 5.74) is 3.96. The smallest absolute Gasteiger partial charge is 0.0465 e. The molecule has 3 heteroatoms. The van der Waals surface area contributed by atoms with Crippen molar-refractivity contribution < 1.29 is 4.74 Å². The molecule has 16 heavy (non-hydrogen) atoms. The minimum atomic E-state index is 0.829. The number of hydrogen-bond donors (Lipinski definition) is 1. The molecule has 0 radical (unpaired) electrons. The minimum absolute atomic E-state index is 0.829. The fraction of sp³-hybridized carbons (Fsp3) is 0.385. The van der Waals surface area contributed by atoms with Crippen LogP contribution in [0.25, 0.3) is 10.9 Å². The van der Waals surface area contributed by atoms with Crippen LogP contribution in [0, 0.1) is 10.5 Å². The molecule has 86 valence electrons. The predicted octanol–water partition coefficient (Wildman–Crippen LogP) is 3.66. The summed E-state index contributed by atoms with van der Waals surface area (Å²) >= 11 is 2.36. The zero-order chi connectivity index (χ0) is 11.5. The molecule has 0 aliphatic heterocycles. The molecule has 0 saturated carbocycles. The molecule has 0 aliphatic rings. The molecule has 2 nitrogen and oxygen atoms in total. The highest BCUT2D eigenvalue weighted by atomic mass is 127. The molecular formula is C13H16INO. The first-order chi connectivity index (χ1) is 7.72. The number of halogens is 1. The second kappa shape index (κ2) is 5.19. The molecule has 1 aromatic carbocycles. The van der Waals surface area contributed by atoms with E-state index in [1.165, 1.54) is 25.7 Å².